The quantitative estimate of drug-likeness (QED) is 0.457. The van der Waals surface area contributed by atoms with Crippen LogP contribution in [0.3, 0.4) is 0 Å². The minimum Gasteiger partial charge on any atom is -0.370 e. The van der Waals surface area contributed by atoms with Crippen molar-refractivity contribution in [3.63, 3.8) is 0 Å². The van der Waals surface area contributed by atoms with Crippen molar-refractivity contribution in [1.82, 2.24) is 10.6 Å². The fourth-order valence-electron chi connectivity index (χ4n) is 4.91. The van der Waals surface area contributed by atoms with Gasteiger partial charge in [-0.05, 0) is 55.7 Å². The van der Waals surface area contributed by atoms with Crippen molar-refractivity contribution in [3.8, 4) is 0 Å². The molecule has 2 heterocycles. The maximum Gasteiger partial charge on any atom is 0.269 e. The van der Waals surface area contributed by atoms with Crippen molar-refractivity contribution < 1.29 is 9.72 Å². The molecule has 32 heavy (non-hydrogen) atoms. The van der Waals surface area contributed by atoms with Gasteiger partial charge >= 0.3 is 0 Å². The van der Waals surface area contributed by atoms with E-state index in [1.165, 1.54) is 11.3 Å². The highest BCUT2D eigenvalue weighted by molar-refractivity contribution is 7.09. The molecule has 0 radical (unpaired) electrons. The van der Waals surface area contributed by atoms with Crippen LogP contribution < -0.4 is 15.5 Å². The third kappa shape index (κ3) is 6.07. The predicted octanol–water partition coefficient (Wildman–Crippen LogP) is 4.27. The molecule has 2 fully saturated rings. The number of hydrogen-bond acceptors (Lipinski definition) is 6. The summed E-state index contributed by atoms with van der Waals surface area (Å²) in [5.74, 6) is 0.147. The molecule has 1 saturated heterocycles. The number of non-ortho nitro benzene ring substituents is 1. The van der Waals surface area contributed by atoms with E-state index < -0.39 is 0 Å². The smallest absolute Gasteiger partial charge is 0.269 e. The van der Waals surface area contributed by atoms with Crippen LogP contribution in [0.25, 0.3) is 0 Å². The zero-order valence-electron chi connectivity index (χ0n) is 18.4. The van der Waals surface area contributed by atoms with Crippen LogP contribution in [0.5, 0.6) is 0 Å². The number of carbonyl (C=O) groups excluding carboxylic acids is 1. The van der Waals surface area contributed by atoms with Gasteiger partial charge in [0.2, 0.25) is 5.91 Å². The normalized spacial score (nSPS) is 23.6. The molecular weight excluding hydrogens is 424 g/mol. The van der Waals surface area contributed by atoms with Gasteiger partial charge in [-0.25, -0.2) is 0 Å². The first-order valence-corrected chi connectivity index (χ1v) is 12.5. The van der Waals surface area contributed by atoms with Gasteiger partial charge in [-0.3, -0.25) is 14.9 Å². The van der Waals surface area contributed by atoms with Crippen molar-refractivity contribution in [2.45, 2.75) is 69.5 Å². The van der Waals surface area contributed by atoms with Gasteiger partial charge in [0.15, 0.2) is 0 Å². The Balaban J connectivity index is 1.30. The van der Waals surface area contributed by atoms with E-state index in [9.17, 15) is 14.9 Å². The van der Waals surface area contributed by atoms with Gasteiger partial charge in [-0.15, -0.1) is 11.3 Å². The number of rotatable bonds is 8. The second-order valence-electron chi connectivity index (χ2n) is 8.87. The third-order valence-corrected chi connectivity index (χ3v) is 7.52. The fourth-order valence-corrected chi connectivity index (χ4v) is 5.62. The minimum atomic E-state index is -0.359. The average Bonchev–Trinajstić information content (AvgIpc) is 3.33. The molecule has 7 nitrogen and oxygen atoms in total. The van der Waals surface area contributed by atoms with Gasteiger partial charge in [-0.2, -0.15) is 0 Å². The highest BCUT2D eigenvalue weighted by Gasteiger charge is 2.30. The van der Waals surface area contributed by atoms with E-state index >= 15 is 0 Å². The molecule has 1 amide bonds. The van der Waals surface area contributed by atoms with Gasteiger partial charge in [0.25, 0.3) is 5.69 Å². The summed E-state index contributed by atoms with van der Waals surface area (Å²) in [6, 6.07) is 11.8. The molecule has 0 spiro atoms. The second kappa shape index (κ2) is 10.9. The molecule has 8 heteroatoms. The molecule has 1 aliphatic heterocycles. The van der Waals surface area contributed by atoms with E-state index in [-0.39, 0.29) is 22.6 Å². The molecule has 4 rings (SSSR count). The Hall–Kier alpha value is -2.45. The van der Waals surface area contributed by atoms with Gasteiger partial charge in [0.1, 0.15) is 0 Å². The number of anilines is 1. The maximum atomic E-state index is 12.6. The van der Waals surface area contributed by atoms with Gasteiger partial charge < -0.3 is 15.5 Å². The molecular formula is C24H32N4O3S. The van der Waals surface area contributed by atoms with Crippen LogP contribution in [0.1, 0.15) is 49.8 Å². The number of nitro groups is 1. The lowest BCUT2D eigenvalue weighted by molar-refractivity contribution is -0.384. The Morgan fingerprint density at radius 1 is 1.09 bits per heavy atom. The monoisotopic (exact) mass is 456 g/mol. The molecule has 2 N–H and O–H groups in total. The van der Waals surface area contributed by atoms with Crippen molar-refractivity contribution >= 4 is 28.6 Å². The molecule has 0 bridgehead atoms. The molecule has 3 atom stereocenters. The minimum absolute atomic E-state index is 0.125. The van der Waals surface area contributed by atoms with E-state index in [4.69, 9.17) is 0 Å². The maximum absolute atomic E-state index is 12.6. The molecule has 1 aromatic heterocycles. The van der Waals surface area contributed by atoms with E-state index in [2.05, 4.69) is 27.0 Å². The first-order chi connectivity index (χ1) is 15.6. The van der Waals surface area contributed by atoms with Crippen molar-refractivity contribution in [2.24, 2.45) is 0 Å². The number of aryl methyl sites for hydroxylation is 1. The van der Waals surface area contributed by atoms with Crippen LogP contribution >= 0.6 is 11.3 Å². The van der Waals surface area contributed by atoms with Gasteiger partial charge in [0, 0.05) is 60.3 Å². The highest BCUT2D eigenvalue weighted by atomic mass is 32.1. The van der Waals surface area contributed by atoms with E-state index in [1.807, 2.05) is 18.2 Å². The van der Waals surface area contributed by atoms with Crippen LogP contribution in [0.15, 0.2) is 41.8 Å². The number of carbonyl (C=O) groups is 1. The summed E-state index contributed by atoms with van der Waals surface area (Å²) in [5.41, 5.74) is 1.16. The number of nitrogens with zero attached hydrogens (tertiary/aromatic N) is 2. The molecule has 1 saturated carbocycles. The Morgan fingerprint density at radius 2 is 1.88 bits per heavy atom. The zero-order chi connectivity index (χ0) is 22.3. The highest BCUT2D eigenvalue weighted by Crippen LogP contribution is 2.25. The van der Waals surface area contributed by atoms with E-state index in [0.717, 1.165) is 57.3 Å². The second-order valence-corrected chi connectivity index (χ2v) is 9.90. The number of nitrogens with one attached hydrogen (secondary N) is 2. The van der Waals surface area contributed by atoms with Crippen LogP contribution in [-0.2, 0) is 11.2 Å². The zero-order valence-corrected chi connectivity index (χ0v) is 19.2. The molecule has 2 aromatic rings. The van der Waals surface area contributed by atoms with Crippen LogP contribution in [0.4, 0.5) is 11.4 Å². The molecule has 172 valence electrons. The molecule has 0 unspecified atom stereocenters. The first kappa shape index (κ1) is 22.7. The number of nitro benzene ring substituents is 1. The van der Waals surface area contributed by atoms with Crippen molar-refractivity contribution in [2.75, 3.05) is 18.0 Å². The summed E-state index contributed by atoms with van der Waals surface area (Å²) >= 11 is 1.70. The standard InChI is InChI=1S/C24H32N4O3S/c29-24(14-13-21-6-4-16-32-21)26-23-8-2-1-7-22(23)25-18-5-3-15-27(17-18)19-9-11-20(12-10-19)28(30)31/h4,6,9-12,16,18,22-23,25H,1-3,5,7-8,13-15,17H2,(H,26,29)/t18-,22+,23+/m0/s1. The van der Waals surface area contributed by atoms with Crippen LogP contribution in [0, 0.1) is 10.1 Å². The largest absolute Gasteiger partial charge is 0.370 e. The lowest BCUT2D eigenvalue weighted by Gasteiger charge is -2.40. The number of hydrogen-bond donors (Lipinski definition) is 2. The summed E-state index contributed by atoms with van der Waals surface area (Å²) in [5, 5.41) is 20.1. The van der Waals surface area contributed by atoms with E-state index in [0.29, 0.717) is 18.5 Å². The first-order valence-electron chi connectivity index (χ1n) is 11.7. The topological polar surface area (TPSA) is 87.5 Å². The lowest BCUT2D eigenvalue weighted by Crippen LogP contribution is -2.57. The van der Waals surface area contributed by atoms with Gasteiger partial charge in [-0.1, -0.05) is 18.9 Å². The Bertz CT molecular complexity index is 887. The number of thiophene rings is 1. The predicted molar refractivity (Wildman–Crippen MR) is 128 cm³/mol. The van der Waals surface area contributed by atoms with Gasteiger partial charge in [0.05, 0.1) is 4.92 Å². The SMILES string of the molecule is O=C(CCc1cccs1)N[C@@H]1CCCC[C@H]1N[C@H]1CCCN(c2ccc([N+](=O)[O-])cc2)C1. The summed E-state index contributed by atoms with van der Waals surface area (Å²) in [6.07, 6.45) is 8.01. The number of amides is 1. The summed E-state index contributed by atoms with van der Waals surface area (Å²) < 4.78 is 0. The summed E-state index contributed by atoms with van der Waals surface area (Å²) in [6.45, 7) is 1.84. The third-order valence-electron chi connectivity index (χ3n) is 6.59. The van der Waals surface area contributed by atoms with Crippen LogP contribution in [-0.4, -0.2) is 42.0 Å². The molecule has 1 aromatic carbocycles. The lowest BCUT2D eigenvalue weighted by atomic mass is 9.88. The van der Waals surface area contributed by atoms with Crippen molar-refractivity contribution in [1.29, 1.82) is 0 Å². The molecule has 2 aliphatic rings. The number of piperidine rings is 1. The fraction of sp³-hybridized carbons (Fsp3) is 0.542. The van der Waals surface area contributed by atoms with Crippen LogP contribution in [0.2, 0.25) is 0 Å². The Kier molecular flexibility index (Phi) is 7.76. The van der Waals surface area contributed by atoms with Crippen molar-refractivity contribution in [3.05, 3.63) is 56.8 Å². The Morgan fingerprint density at radius 3 is 2.59 bits per heavy atom. The Labute approximate surface area is 193 Å². The number of benzene rings is 1. The van der Waals surface area contributed by atoms with E-state index in [1.54, 1.807) is 23.5 Å². The average molecular weight is 457 g/mol. The summed E-state index contributed by atoms with van der Waals surface area (Å²) in [7, 11) is 0. The molecule has 1 aliphatic carbocycles. The summed E-state index contributed by atoms with van der Waals surface area (Å²) in [4.78, 5) is 26.7.